The average Bonchev–Trinajstić information content (AvgIpc) is 3.18. The molecule has 2 aliphatic rings. The Hall–Kier alpha value is -2.86. The summed E-state index contributed by atoms with van der Waals surface area (Å²) in [6.45, 7) is 0.423. The fraction of sp³-hybridized carbons (Fsp3) is 0.318. The fourth-order valence-corrected chi connectivity index (χ4v) is 4.19. The number of pyridine rings is 1. The third-order valence-electron chi connectivity index (χ3n) is 5.67. The molecule has 28 heavy (non-hydrogen) atoms. The summed E-state index contributed by atoms with van der Waals surface area (Å²) < 4.78 is 22.3. The van der Waals surface area contributed by atoms with E-state index in [2.05, 4.69) is 27.4 Å². The molecule has 3 heterocycles. The molecule has 1 saturated carbocycles. The summed E-state index contributed by atoms with van der Waals surface area (Å²) in [5.41, 5.74) is 4.54. The Balaban J connectivity index is 1.41. The van der Waals surface area contributed by atoms with Crippen LogP contribution < -0.4 is 0 Å². The number of halogens is 1. The first kappa shape index (κ1) is 17.3. The Kier molecular flexibility index (Phi) is 4.49. The molecule has 1 aliphatic heterocycles. The van der Waals surface area contributed by atoms with E-state index in [1.165, 1.54) is 17.2 Å². The number of allylic oxidation sites excluding steroid dienone is 2. The summed E-state index contributed by atoms with van der Waals surface area (Å²) in [6.07, 6.45) is 9.91. The van der Waals surface area contributed by atoms with Crippen LogP contribution >= 0.6 is 0 Å². The Morgan fingerprint density at radius 2 is 2.14 bits per heavy atom. The molecule has 2 atom stereocenters. The number of fused-ring (bicyclic) bond motifs is 3. The van der Waals surface area contributed by atoms with E-state index in [1.807, 2.05) is 23.0 Å². The first-order chi connectivity index (χ1) is 13.8. The zero-order valence-corrected chi connectivity index (χ0v) is 15.5. The number of benzene rings is 1. The monoisotopic (exact) mass is 376 g/mol. The lowest BCUT2D eigenvalue weighted by Crippen LogP contribution is -2.36. The molecule has 3 aromatic rings. The Labute approximate surface area is 162 Å². The highest BCUT2D eigenvalue weighted by atomic mass is 19.1. The van der Waals surface area contributed by atoms with Crippen LogP contribution in [0.5, 0.6) is 0 Å². The minimum Gasteiger partial charge on any atom is -0.370 e. The van der Waals surface area contributed by atoms with Gasteiger partial charge in [-0.2, -0.15) is 0 Å². The third kappa shape index (κ3) is 3.14. The Bertz CT molecular complexity index is 1010. The molecule has 1 fully saturated rings. The van der Waals surface area contributed by atoms with Crippen LogP contribution in [0, 0.1) is 5.82 Å². The molecule has 0 spiro atoms. The van der Waals surface area contributed by atoms with Crippen LogP contribution in [0.3, 0.4) is 0 Å². The van der Waals surface area contributed by atoms with Gasteiger partial charge in [0, 0.05) is 18.0 Å². The van der Waals surface area contributed by atoms with Crippen molar-refractivity contribution in [2.45, 2.75) is 44.4 Å². The number of hydrogen-bond donors (Lipinski definition) is 0. The largest absolute Gasteiger partial charge is 0.370 e. The molecule has 142 valence electrons. The Morgan fingerprint density at radius 3 is 3.00 bits per heavy atom. The van der Waals surface area contributed by atoms with Crippen LogP contribution in [0.25, 0.3) is 11.3 Å². The number of ether oxygens (including phenoxy) is 1. The summed E-state index contributed by atoms with van der Waals surface area (Å²) in [7, 11) is 0. The number of aromatic nitrogens is 4. The zero-order chi connectivity index (χ0) is 18.9. The molecule has 0 bridgehead atoms. The van der Waals surface area contributed by atoms with E-state index in [0.717, 1.165) is 31.4 Å². The molecule has 5 nitrogen and oxygen atoms in total. The van der Waals surface area contributed by atoms with E-state index in [0.29, 0.717) is 17.9 Å². The third-order valence-corrected chi connectivity index (χ3v) is 5.67. The summed E-state index contributed by atoms with van der Waals surface area (Å²) in [5, 5.41) is 8.70. The minimum atomic E-state index is -0.284. The predicted molar refractivity (Wildman–Crippen MR) is 103 cm³/mol. The second-order valence-electron chi connectivity index (χ2n) is 7.40. The highest BCUT2D eigenvalue weighted by molar-refractivity contribution is 5.62. The predicted octanol–water partition coefficient (Wildman–Crippen LogP) is 4.27. The SMILES string of the molecule is Fc1ccccc1-c1nnn2c1CO[C@@H]1CC/C(=C/Cc3cccnc3)C[C@H]12. The summed E-state index contributed by atoms with van der Waals surface area (Å²) in [6, 6.07) is 10.9. The van der Waals surface area contributed by atoms with E-state index >= 15 is 0 Å². The van der Waals surface area contributed by atoms with Gasteiger partial charge in [-0.15, -0.1) is 5.10 Å². The van der Waals surface area contributed by atoms with Crippen LogP contribution in [0.15, 0.2) is 60.4 Å². The summed E-state index contributed by atoms with van der Waals surface area (Å²) >= 11 is 0. The number of nitrogens with zero attached hydrogens (tertiary/aromatic N) is 4. The van der Waals surface area contributed by atoms with Gasteiger partial charge in [-0.25, -0.2) is 9.07 Å². The molecule has 0 amide bonds. The van der Waals surface area contributed by atoms with Gasteiger partial charge >= 0.3 is 0 Å². The molecule has 1 aliphatic carbocycles. The van der Waals surface area contributed by atoms with E-state index in [1.54, 1.807) is 18.3 Å². The maximum Gasteiger partial charge on any atom is 0.132 e. The van der Waals surface area contributed by atoms with Crippen molar-refractivity contribution in [2.24, 2.45) is 0 Å². The molecule has 0 saturated heterocycles. The highest BCUT2D eigenvalue weighted by Gasteiger charge is 2.37. The minimum absolute atomic E-state index is 0.116. The maximum atomic E-state index is 14.2. The van der Waals surface area contributed by atoms with E-state index < -0.39 is 0 Å². The molecule has 5 rings (SSSR count). The normalized spacial score (nSPS) is 22.7. The molecule has 0 N–H and O–H groups in total. The fourth-order valence-electron chi connectivity index (χ4n) is 4.19. The van der Waals surface area contributed by atoms with Crippen molar-refractivity contribution in [3.63, 3.8) is 0 Å². The van der Waals surface area contributed by atoms with Crippen LogP contribution in [-0.4, -0.2) is 26.1 Å². The quantitative estimate of drug-likeness (QED) is 0.641. The van der Waals surface area contributed by atoms with Crippen molar-refractivity contribution in [1.29, 1.82) is 0 Å². The molecular weight excluding hydrogens is 355 g/mol. The van der Waals surface area contributed by atoms with E-state index in [4.69, 9.17) is 4.74 Å². The van der Waals surface area contributed by atoms with Crippen LogP contribution in [0.4, 0.5) is 4.39 Å². The molecule has 1 aromatic carbocycles. The molecule has 2 aromatic heterocycles. The van der Waals surface area contributed by atoms with Gasteiger partial charge in [-0.05, 0) is 49.4 Å². The average molecular weight is 376 g/mol. The molecule has 0 radical (unpaired) electrons. The van der Waals surface area contributed by atoms with Crippen LogP contribution in [0.1, 0.15) is 36.6 Å². The summed E-state index contributed by atoms with van der Waals surface area (Å²) in [5.74, 6) is -0.284. The molecular formula is C22H21FN4O. The van der Waals surface area contributed by atoms with Gasteiger partial charge in [0.05, 0.1) is 24.4 Å². The second kappa shape index (κ2) is 7.28. The lowest BCUT2D eigenvalue weighted by atomic mass is 9.86. The highest BCUT2D eigenvalue weighted by Crippen LogP contribution is 2.40. The van der Waals surface area contributed by atoms with Gasteiger partial charge < -0.3 is 4.74 Å². The number of rotatable bonds is 3. The maximum absolute atomic E-state index is 14.2. The first-order valence-corrected chi connectivity index (χ1v) is 9.67. The van der Waals surface area contributed by atoms with Gasteiger partial charge in [-0.3, -0.25) is 4.98 Å². The van der Waals surface area contributed by atoms with Crippen molar-refractivity contribution in [3.8, 4) is 11.3 Å². The molecule has 0 unspecified atom stereocenters. The van der Waals surface area contributed by atoms with Gasteiger partial charge in [0.2, 0.25) is 0 Å². The van der Waals surface area contributed by atoms with Crippen molar-refractivity contribution in [1.82, 2.24) is 20.0 Å². The first-order valence-electron chi connectivity index (χ1n) is 9.67. The lowest BCUT2D eigenvalue weighted by Gasteiger charge is -2.37. The van der Waals surface area contributed by atoms with Crippen LogP contribution in [-0.2, 0) is 17.8 Å². The lowest BCUT2D eigenvalue weighted by molar-refractivity contribution is -0.0394. The van der Waals surface area contributed by atoms with Gasteiger partial charge in [0.25, 0.3) is 0 Å². The van der Waals surface area contributed by atoms with Crippen molar-refractivity contribution in [3.05, 3.63) is 77.5 Å². The van der Waals surface area contributed by atoms with Gasteiger partial charge in [0.1, 0.15) is 11.5 Å². The van der Waals surface area contributed by atoms with Crippen molar-refractivity contribution < 1.29 is 9.13 Å². The second-order valence-corrected chi connectivity index (χ2v) is 7.40. The van der Waals surface area contributed by atoms with Gasteiger partial charge in [-0.1, -0.05) is 35.1 Å². The standard InChI is InChI=1S/C22H21FN4O/c23-18-6-2-1-5-17(18)22-20-14-28-21-10-9-15(12-19(21)27(20)26-25-22)7-8-16-4-3-11-24-13-16/h1-7,11,13,19,21H,8-10,12,14H2/b15-7-/t19-,21-/m1/s1. The molecule has 6 heteroatoms. The van der Waals surface area contributed by atoms with Crippen LogP contribution in [0.2, 0.25) is 0 Å². The zero-order valence-electron chi connectivity index (χ0n) is 15.5. The van der Waals surface area contributed by atoms with Crippen molar-refractivity contribution >= 4 is 0 Å². The smallest absolute Gasteiger partial charge is 0.132 e. The van der Waals surface area contributed by atoms with Crippen molar-refractivity contribution in [2.75, 3.05) is 0 Å². The van der Waals surface area contributed by atoms with Gasteiger partial charge in [0.15, 0.2) is 0 Å². The number of hydrogen-bond acceptors (Lipinski definition) is 4. The summed E-state index contributed by atoms with van der Waals surface area (Å²) in [4.78, 5) is 4.18. The topological polar surface area (TPSA) is 52.8 Å². The van der Waals surface area contributed by atoms with E-state index in [-0.39, 0.29) is 18.0 Å². The van der Waals surface area contributed by atoms with E-state index in [9.17, 15) is 4.39 Å². The Morgan fingerprint density at radius 1 is 1.21 bits per heavy atom.